The van der Waals surface area contributed by atoms with Crippen LogP contribution in [0.25, 0.3) is 15.7 Å². The summed E-state index contributed by atoms with van der Waals surface area (Å²) in [5, 5.41) is 3.34. The van der Waals surface area contributed by atoms with Crippen molar-refractivity contribution in [3.8, 4) is 0 Å². The maximum Gasteiger partial charge on any atom is 0.145 e. The van der Waals surface area contributed by atoms with E-state index in [4.69, 9.17) is 0 Å². The fraction of sp³-hybridized carbons (Fsp3) is 0. The number of hydrogen-bond acceptors (Lipinski definition) is 2. The maximum atomic E-state index is 4.29. The summed E-state index contributed by atoms with van der Waals surface area (Å²) in [7, 11) is 0. The van der Waals surface area contributed by atoms with Gasteiger partial charge in [-0.2, -0.15) is 0 Å². The van der Waals surface area contributed by atoms with Crippen LogP contribution in [0.15, 0.2) is 36.1 Å². The minimum Gasteiger partial charge on any atom is -0.307 e. The van der Waals surface area contributed by atoms with Gasteiger partial charge in [-0.25, -0.2) is 4.98 Å². The summed E-state index contributed by atoms with van der Waals surface area (Å²) >= 11 is 1.75. The largest absolute Gasteiger partial charge is 0.307 e. The van der Waals surface area contributed by atoms with Crippen LogP contribution in [0.1, 0.15) is 0 Å². The van der Waals surface area contributed by atoms with Crippen molar-refractivity contribution in [2.45, 2.75) is 0 Å². The molecule has 2 nitrogen and oxygen atoms in total. The minimum absolute atomic E-state index is 1.05. The molecule has 0 unspecified atom stereocenters. The molecule has 0 amide bonds. The van der Waals surface area contributed by atoms with E-state index in [1.165, 1.54) is 10.1 Å². The van der Waals surface area contributed by atoms with Crippen LogP contribution >= 0.6 is 11.3 Å². The SMILES string of the molecule is c1cn2ccc3sccc3c2n1. The van der Waals surface area contributed by atoms with E-state index in [2.05, 4.69) is 22.5 Å². The highest BCUT2D eigenvalue weighted by Gasteiger charge is 2.00. The predicted molar refractivity (Wildman–Crippen MR) is 50.6 cm³/mol. The highest BCUT2D eigenvalue weighted by molar-refractivity contribution is 7.17. The molecule has 3 aromatic rings. The Balaban J connectivity index is 2.71. The van der Waals surface area contributed by atoms with Crippen molar-refractivity contribution in [1.29, 1.82) is 0 Å². The van der Waals surface area contributed by atoms with Gasteiger partial charge in [0, 0.05) is 28.7 Å². The Hall–Kier alpha value is -1.35. The van der Waals surface area contributed by atoms with Gasteiger partial charge < -0.3 is 4.40 Å². The molecule has 0 N–H and O–H groups in total. The Morgan fingerprint density at radius 1 is 1.25 bits per heavy atom. The number of thiophene rings is 1. The molecule has 12 heavy (non-hydrogen) atoms. The van der Waals surface area contributed by atoms with Gasteiger partial charge in [0.05, 0.1) is 0 Å². The van der Waals surface area contributed by atoms with Gasteiger partial charge in [-0.3, -0.25) is 0 Å². The summed E-state index contributed by atoms with van der Waals surface area (Å²) in [6, 6.07) is 4.23. The molecule has 0 bridgehead atoms. The van der Waals surface area contributed by atoms with Crippen molar-refractivity contribution in [2.75, 3.05) is 0 Å². The maximum absolute atomic E-state index is 4.29. The van der Waals surface area contributed by atoms with Crippen molar-refractivity contribution in [3.05, 3.63) is 36.1 Å². The third-order valence-electron chi connectivity index (χ3n) is 1.99. The van der Waals surface area contributed by atoms with Gasteiger partial charge in [0.25, 0.3) is 0 Å². The van der Waals surface area contributed by atoms with Crippen LogP contribution in [0.4, 0.5) is 0 Å². The van der Waals surface area contributed by atoms with E-state index >= 15 is 0 Å². The normalized spacial score (nSPS) is 11.3. The lowest BCUT2D eigenvalue weighted by atomic mass is 10.3. The first-order valence-electron chi connectivity index (χ1n) is 3.74. The van der Waals surface area contributed by atoms with Gasteiger partial charge in [0.1, 0.15) is 5.65 Å². The number of hydrogen-bond donors (Lipinski definition) is 0. The summed E-state index contributed by atoms with van der Waals surface area (Å²) < 4.78 is 3.34. The monoisotopic (exact) mass is 174 g/mol. The van der Waals surface area contributed by atoms with Gasteiger partial charge in [0.2, 0.25) is 0 Å². The van der Waals surface area contributed by atoms with E-state index < -0.39 is 0 Å². The number of nitrogens with zero attached hydrogens (tertiary/aromatic N) is 2. The lowest BCUT2D eigenvalue weighted by Gasteiger charge is -1.92. The molecule has 0 fully saturated rings. The number of pyridine rings is 1. The van der Waals surface area contributed by atoms with Crippen LogP contribution in [0.5, 0.6) is 0 Å². The summed E-state index contributed by atoms with van der Waals surface area (Å²) in [4.78, 5) is 4.29. The van der Waals surface area contributed by atoms with Crippen LogP contribution in [-0.2, 0) is 0 Å². The average Bonchev–Trinajstić information content (AvgIpc) is 2.71. The van der Waals surface area contributed by atoms with E-state index in [-0.39, 0.29) is 0 Å². The molecule has 0 aliphatic carbocycles. The molecule has 3 heteroatoms. The van der Waals surface area contributed by atoms with Crippen LogP contribution in [0.2, 0.25) is 0 Å². The molecule has 0 saturated carbocycles. The minimum atomic E-state index is 1.05. The Bertz CT molecular complexity index is 486. The second-order valence-electron chi connectivity index (χ2n) is 2.67. The molecule has 0 aromatic carbocycles. The van der Waals surface area contributed by atoms with Crippen molar-refractivity contribution < 1.29 is 0 Å². The van der Waals surface area contributed by atoms with E-state index in [0.717, 1.165) is 5.65 Å². The molecule has 3 rings (SSSR count). The smallest absolute Gasteiger partial charge is 0.145 e. The fourth-order valence-corrected chi connectivity index (χ4v) is 2.20. The number of imidazole rings is 1. The number of aromatic nitrogens is 2. The second-order valence-corrected chi connectivity index (χ2v) is 3.62. The molecule has 3 aromatic heterocycles. The molecule has 3 heterocycles. The van der Waals surface area contributed by atoms with Gasteiger partial charge in [-0.1, -0.05) is 0 Å². The second kappa shape index (κ2) is 2.08. The number of fused-ring (bicyclic) bond motifs is 3. The van der Waals surface area contributed by atoms with Crippen LogP contribution in [-0.4, -0.2) is 9.38 Å². The van der Waals surface area contributed by atoms with E-state index in [1.54, 1.807) is 11.3 Å². The predicted octanol–water partition coefficient (Wildman–Crippen LogP) is 2.55. The lowest BCUT2D eigenvalue weighted by Crippen LogP contribution is -1.80. The first-order valence-corrected chi connectivity index (χ1v) is 4.62. The topological polar surface area (TPSA) is 17.3 Å². The standard InChI is InChI=1S/C9H6N2S/c1-4-11-5-3-10-9(11)7-2-6-12-8(1)7/h1-6H. The average molecular weight is 174 g/mol. The highest BCUT2D eigenvalue weighted by Crippen LogP contribution is 2.23. The Labute approximate surface area is 73.1 Å². The van der Waals surface area contributed by atoms with Gasteiger partial charge in [0.15, 0.2) is 0 Å². The Morgan fingerprint density at radius 2 is 2.25 bits per heavy atom. The summed E-state index contributed by atoms with van der Waals surface area (Å²) in [5.74, 6) is 0. The van der Waals surface area contributed by atoms with Gasteiger partial charge in [-0.15, -0.1) is 11.3 Å². The molecule has 0 radical (unpaired) electrons. The molecule has 0 atom stereocenters. The quantitative estimate of drug-likeness (QED) is 0.512. The first kappa shape index (κ1) is 6.20. The summed E-state index contributed by atoms with van der Waals surface area (Å²) in [6.07, 6.45) is 5.83. The first-order chi connectivity index (χ1) is 5.95. The van der Waals surface area contributed by atoms with Crippen molar-refractivity contribution in [2.24, 2.45) is 0 Å². The van der Waals surface area contributed by atoms with E-state index in [0.29, 0.717) is 0 Å². The summed E-state index contributed by atoms with van der Waals surface area (Å²) in [5.41, 5.74) is 1.05. The molecular formula is C9H6N2S. The van der Waals surface area contributed by atoms with Gasteiger partial charge >= 0.3 is 0 Å². The molecule has 0 spiro atoms. The molecular weight excluding hydrogens is 168 g/mol. The zero-order valence-corrected chi connectivity index (χ0v) is 7.08. The number of rotatable bonds is 0. The van der Waals surface area contributed by atoms with E-state index in [1.807, 2.05) is 23.0 Å². The highest BCUT2D eigenvalue weighted by atomic mass is 32.1. The zero-order chi connectivity index (χ0) is 7.97. The molecule has 0 aliphatic rings. The zero-order valence-electron chi connectivity index (χ0n) is 6.27. The van der Waals surface area contributed by atoms with Gasteiger partial charge in [-0.05, 0) is 17.5 Å². The Morgan fingerprint density at radius 3 is 3.25 bits per heavy atom. The van der Waals surface area contributed by atoms with Crippen molar-refractivity contribution >= 4 is 27.1 Å². The van der Waals surface area contributed by atoms with Crippen LogP contribution < -0.4 is 0 Å². The van der Waals surface area contributed by atoms with Crippen molar-refractivity contribution in [3.63, 3.8) is 0 Å². The lowest BCUT2D eigenvalue weighted by molar-refractivity contribution is 1.21. The Kier molecular flexibility index (Phi) is 1.07. The van der Waals surface area contributed by atoms with Crippen LogP contribution in [0, 0.1) is 0 Å². The molecule has 58 valence electrons. The fourth-order valence-electron chi connectivity index (χ4n) is 1.42. The molecule has 0 saturated heterocycles. The van der Waals surface area contributed by atoms with Crippen LogP contribution in [0.3, 0.4) is 0 Å². The summed E-state index contributed by atoms with van der Waals surface area (Å²) in [6.45, 7) is 0. The molecule has 0 aliphatic heterocycles. The van der Waals surface area contributed by atoms with E-state index in [9.17, 15) is 0 Å². The van der Waals surface area contributed by atoms with Crippen molar-refractivity contribution in [1.82, 2.24) is 9.38 Å². The third kappa shape index (κ3) is 0.662. The third-order valence-corrected chi connectivity index (χ3v) is 2.87.